The highest BCUT2D eigenvalue weighted by molar-refractivity contribution is 7.89. The molecule has 0 saturated heterocycles. The fraction of sp³-hybridized carbons (Fsp3) is 0.182. The van der Waals surface area contributed by atoms with Crippen molar-refractivity contribution in [2.24, 2.45) is 0 Å². The zero-order valence-electron chi connectivity index (χ0n) is 9.13. The largest absolute Gasteiger partial charge is 0.480 e. The van der Waals surface area contributed by atoms with Gasteiger partial charge >= 0.3 is 5.97 Å². The van der Waals surface area contributed by atoms with Crippen LogP contribution in [0.15, 0.2) is 29.2 Å². The van der Waals surface area contributed by atoms with Crippen molar-refractivity contribution in [3.05, 3.63) is 29.3 Å². The van der Waals surface area contributed by atoms with E-state index in [9.17, 15) is 13.2 Å². The van der Waals surface area contributed by atoms with Crippen molar-refractivity contribution < 1.29 is 18.3 Å². The van der Waals surface area contributed by atoms with Crippen LogP contribution in [0.25, 0.3) is 0 Å². The average molecular weight is 288 g/mol. The first-order valence-electron chi connectivity index (χ1n) is 4.81. The summed E-state index contributed by atoms with van der Waals surface area (Å²) in [4.78, 5) is 10.7. The Hall–Kier alpha value is -1.55. The van der Waals surface area contributed by atoms with Crippen molar-refractivity contribution in [1.82, 2.24) is 4.72 Å². The zero-order chi connectivity index (χ0) is 13.8. The van der Waals surface area contributed by atoms with E-state index in [1.807, 2.05) is 4.72 Å². The van der Waals surface area contributed by atoms with Gasteiger partial charge in [-0.2, -0.15) is 4.72 Å². The summed E-state index contributed by atoms with van der Waals surface area (Å²) in [5.74, 6) is 0.766. The number of nitrogens with one attached hydrogen (secondary N) is 1. The quantitative estimate of drug-likeness (QED) is 0.794. The van der Waals surface area contributed by atoms with Crippen LogP contribution in [0.2, 0.25) is 5.02 Å². The minimum Gasteiger partial charge on any atom is -0.480 e. The standard InChI is InChI=1S/C11H10ClNO4S/c1-2-4-10(11(14)15)13-18(16,17)9-6-3-5-8(12)7-9/h1,3,5-7,10,13H,4H2,(H,14,15). The first-order chi connectivity index (χ1) is 8.36. The summed E-state index contributed by atoms with van der Waals surface area (Å²) in [5.41, 5.74) is 0. The van der Waals surface area contributed by atoms with E-state index in [0.29, 0.717) is 0 Å². The highest BCUT2D eigenvalue weighted by Gasteiger charge is 2.24. The molecule has 0 aliphatic rings. The third-order valence-electron chi connectivity index (χ3n) is 2.02. The number of benzene rings is 1. The van der Waals surface area contributed by atoms with Gasteiger partial charge in [0.1, 0.15) is 6.04 Å². The van der Waals surface area contributed by atoms with Gasteiger partial charge in [0.2, 0.25) is 10.0 Å². The Balaban J connectivity index is 3.01. The Labute approximate surface area is 110 Å². The maximum Gasteiger partial charge on any atom is 0.322 e. The average Bonchev–Trinajstić information content (AvgIpc) is 2.28. The van der Waals surface area contributed by atoms with Gasteiger partial charge in [-0.25, -0.2) is 8.42 Å². The van der Waals surface area contributed by atoms with E-state index in [4.69, 9.17) is 23.1 Å². The van der Waals surface area contributed by atoms with E-state index < -0.39 is 22.0 Å². The molecular formula is C11H10ClNO4S. The molecule has 0 amide bonds. The lowest BCUT2D eigenvalue weighted by Gasteiger charge is -2.12. The van der Waals surface area contributed by atoms with Crippen LogP contribution < -0.4 is 4.72 Å². The number of hydrogen-bond acceptors (Lipinski definition) is 3. The van der Waals surface area contributed by atoms with Crippen molar-refractivity contribution in [2.75, 3.05) is 0 Å². The lowest BCUT2D eigenvalue weighted by Crippen LogP contribution is -2.40. The lowest BCUT2D eigenvalue weighted by atomic mass is 10.2. The maximum atomic E-state index is 11.9. The summed E-state index contributed by atoms with van der Waals surface area (Å²) in [7, 11) is -3.96. The van der Waals surface area contributed by atoms with Crippen LogP contribution >= 0.6 is 11.6 Å². The van der Waals surface area contributed by atoms with Gasteiger partial charge in [0.15, 0.2) is 0 Å². The van der Waals surface area contributed by atoms with Crippen molar-refractivity contribution in [1.29, 1.82) is 0 Å². The monoisotopic (exact) mass is 287 g/mol. The van der Waals surface area contributed by atoms with Crippen molar-refractivity contribution in [3.8, 4) is 12.3 Å². The predicted molar refractivity (Wildman–Crippen MR) is 66.6 cm³/mol. The van der Waals surface area contributed by atoms with Crippen molar-refractivity contribution in [2.45, 2.75) is 17.4 Å². The topological polar surface area (TPSA) is 83.5 Å². The van der Waals surface area contributed by atoms with Gasteiger partial charge in [0.05, 0.1) is 4.90 Å². The number of aliphatic carboxylic acids is 1. The molecule has 0 aliphatic carbocycles. The first kappa shape index (κ1) is 14.5. The molecule has 0 spiro atoms. The molecule has 1 aromatic carbocycles. The summed E-state index contributed by atoms with van der Waals surface area (Å²) in [6.07, 6.45) is 4.74. The number of rotatable bonds is 5. The molecule has 96 valence electrons. The van der Waals surface area contributed by atoms with E-state index in [1.165, 1.54) is 24.3 Å². The van der Waals surface area contributed by atoms with Gasteiger partial charge in [0.25, 0.3) is 0 Å². The van der Waals surface area contributed by atoms with Gasteiger partial charge in [0, 0.05) is 11.4 Å². The molecule has 7 heteroatoms. The number of hydrogen-bond donors (Lipinski definition) is 2. The summed E-state index contributed by atoms with van der Waals surface area (Å²) < 4.78 is 25.8. The summed E-state index contributed by atoms with van der Waals surface area (Å²) >= 11 is 5.67. The van der Waals surface area contributed by atoms with Crippen LogP contribution in [0.4, 0.5) is 0 Å². The molecule has 0 aromatic heterocycles. The second-order valence-corrected chi connectivity index (χ2v) is 5.53. The third-order valence-corrected chi connectivity index (χ3v) is 3.73. The molecule has 5 nitrogen and oxygen atoms in total. The van der Waals surface area contributed by atoms with Gasteiger partial charge < -0.3 is 5.11 Å². The molecule has 0 saturated carbocycles. The summed E-state index contributed by atoms with van der Waals surface area (Å²) in [5, 5.41) is 9.06. The van der Waals surface area contributed by atoms with Crippen LogP contribution in [0.1, 0.15) is 6.42 Å². The van der Waals surface area contributed by atoms with E-state index in [1.54, 1.807) is 0 Å². The van der Waals surface area contributed by atoms with Gasteiger partial charge in [-0.05, 0) is 18.2 Å². The molecule has 0 bridgehead atoms. The number of carboxylic acids is 1. The Bertz CT molecular complexity index is 591. The van der Waals surface area contributed by atoms with E-state index in [0.717, 1.165) is 0 Å². The number of carboxylic acid groups (broad SMARTS) is 1. The number of terminal acetylenes is 1. The molecular weight excluding hydrogens is 278 g/mol. The molecule has 1 aromatic rings. The molecule has 1 rings (SSSR count). The van der Waals surface area contributed by atoms with Crippen molar-refractivity contribution >= 4 is 27.6 Å². The Kier molecular flexibility index (Phi) is 4.73. The predicted octanol–water partition coefficient (Wildman–Crippen LogP) is 1.09. The molecule has 0 fully saturated rings. The van der Waals surface area contributed by atoms with Crippen LogP contribution in [-0.2, 0) is 14.8 Å². The van der Waals surface area contributed by atoms with Crippen molar-refractivity contribution in [3.63, 3.8) is 0 Å². The lowest BCUT2D eigenvalue weighted by molar-refractivity contribution is -0.138. The molecule has 18 heavy (non-hydrogen) atoms. The fourth-order valence-electron chi connectivity index (χ4n) is 1.19. The summed E-state index contributed by atoms with van der Waals surface area (Å²) in [6, 6.07) is 4.13. The molecule has 0 radical (unpaired) electrons. The van der Waals surface area contributed by atoms with E-state index in [2.05, 4.69) is 5.92 Å². The molecule has 0 aliphatic heterocycles. The minimum absolute atomic E-state index is 0.113. The van der Waals surface area contributed by atoms with E-state index >= 15 is 0 Å². The fourth-order valence-corrected chi connectivity index (χ4v) is 2.68. The van der Waals surface area contributed by atoms with Gasteiger partial charge in [-0.1, -0.05) is 17.7 Å². The zero-order valence-corrected chi connectivity index (χ0v) is 10.7. The molecule has 0 heterocycles. The maximum absolute atomic E-state index is 11.9. The SMILES string of the molecule is C#CCC(NS(=O)(=O)c1cccc(Cl)c1)C(=O)O. The Morgan fingerprint density at radius 2 is 2.22 bits per heavy atom. The Morgan fingerprint density at radius 3 is 2.72 bits per heavy atom. The normalized spacial score (nSPS) is 12.7. The molecule has 2 N–H and O–H groups in total. The molecule has 1 atom stereocenters. The second-order valence-electron chi connectivity index (χ2n) is 3.38. The van der Waals surface area contributed by atoms with Gasteiger partial charge in [-0.3, -0.25) is 4.79 Å². The van der Waals surface area contributed by atoms with Crippen LogP contribution in [0.5, 0.6) is 0 Å². The van der Waals surface area contributed by atoms with E-state index in [-0.39, 0.29) is 16.3 Å². The van der Waals surface area contributed by atoms with Crippen LogP contribution in [0, 0.1) is 12.3 Å². The smallest absolute Gasteiger partial charge is 0.322 e. The third kappa shape index (κ3) is 3.74. The highest BCUT2D eigenvalue weighted by Crippen LogP contribution is 2.15. The van der Waals surface area contributed by atoms with Gasteiger partial charge in [-0.15, -0.1) is 12.3 Å². The minimum atomic E-state index is -3.96. The molecule has 1 unspecified atom stereocenters. The highest BCUT2D eigenvalue weighted by atomic mass is 35.5. The first-order valence-corrected chi connectivity index (χ1v) is 6.67. The van der Waals surface area contributed by atoms with Crippen LogP contribution in [-0.4, -0.2) is 25.5 Å². The number of halogens is 1. The number of carbonyl (C=O) groups is 1. The second kappa shape index (κ2) is 5.87. The summed E-state index contributed by atoms with van der Waals surface area (Å²) in [6.45, 7) is 0. The van der Waals surface area contributed by atoms with Crippen LogP contribution in [0.3, 0.4) is 0 Å². The Morgan fingerprint density at radius 1 is 1.56 bits per heavy atom. The number of sulfonamides is 1.